The van der Waals surface area contributed by atoms with Gasteiger partial charge in [-0.05, 0) is 25.1 Å². The molecule has 1 aromatic rings. The van der Waals surface area contributed by atoms with Gasteiger partial charge in [0.25, 0.3) is 5.91 Å². The lowest BCUT2D eigenvalue weighted by Gasteiger charge is -2.17. The predicted molar refractivity (Wildman–Crippen MR) is 84.1 cm³/mol. The highest BCUT2D eigenvalue weighted by Gasteiger charge is 2.20. The Morgan fingerprint density at radius 1 is 1.29 bits per heavy atom. The average molecular weight is 342 g/mol. The van der Waals surface area contributed by atoms with Gasteiger partial charge in [-0.2, -0.15) is 8.78 Å². The lowest BCUT2D eigenvalue weighted by atomic mass is 10.1. The molecule has 0 atom stereocenters. The second-order valence-corrected chi connectivity index (χ2v) is 5.09. The van der Waals surface area contributed by atoms with Gasteiger partial charge in [-0.1, -0.05) is 11.6 Å². The van der Waals surface area contributed by atoms with E-state index in [0.717, 1.165) is 25.1 Å². The van der Waals surface area contributed by atoms with Crippen LogP contribution in [0.2, 0.25) is 0 Å². The second kappa shape index (κ2) is 8.49. The molecule has 1 aromatic carbocycles. The highest BCUT2D eigenvalue weighted by Crippen LogP contribution is 2.39. The van der Waals surface area contributed by atoms with Crippen molar-refractivity contribution in [2.24, 2.45) is 0 Å². The zero-order valence-corrected chi connectivity index (χ0v) is 13.5. The van der Waals surface area contributed by atoms with Gasteiger partial charge >= 0.3 is 6.61 Å². The number of carbonyl (C=O) groups excluding carboxylic acids is 1. The largest absolute Gasteiger partial charge is 0.493 e. The van der Waals surface area contributed by atoms with E-state index in [2.05, 4.69) is 15.4 Å². The SMILES string of the molecule is COc1cc(C(=O)NCC2=CCNCC2)cc(OC)c1OC(F)F. The van der Waals surface area contributed by atoms with Gasteiger partial charge in [0.15, 0.2) is 11.5 Å². The summed E-state index contributed by atoms with van der Waals surface area (Å²) < 4.78 is 39.5. The summed E-state index contributed by atoms with van der Waals surface area (Å²) in [5, 5.41) is 5.99. The van der Waals surface area contributed by atoms with Gasteiger partial charge in [-0.3, -0.25) is 4.79 Å². The first-order chi connectivity index (χ1) is 11.5. The number of hydrogen-bond donors (Lipinski definition) is 2. The van der Waals surface area contributed by atoms with Gasteiger partial charge in [0.2, 0.25) is 5.75 Å². The van der Waals surface area contributed by atoms with E-state index in [9.17, 15) is 13.6 Å². The molecule has 24 heavy (non-hydrogen) atoms. The van der Waals surface area contributed by atoms with E-state index in [0.29, 0.717) is 6.54 Å². The Balaban J connectivity index is 2.16. The van der Waals surface area contributed by atoms with Crippen LogP contribution in [-0.4, -0.2) is 46.4 Å². The van der Waals surface area contributed by atoms with Crippen molar-refractivity contribution in [3.8, 4) is 17.2 Å². The fourth-order valence-corrected chi connectivity index (χ4v) is 2.34. The smallest absolute Gasteiger partial charge is 0.387 e. The van der Waals surface area contributed by atoms with Crippen molar-refractivity contribution in [1.29, 1.82) is 0 Å². The first-order valence-corrected chi connectivity index (χ1v) is 7.42. The quantitative estimate of drug-likeness (QED) is 0.742. The maximum absolute atomic E-state index is 12.5. The van der Waals surface area contributed by atoms with Crippen molar-refractivity contribution >= 4 is 5.91 Å². The summed E-state index contributed by atoms with van der Waals surface area (Å²) in [5.41, 5.74) is 1.37. The van der Waals surface area contributed by atoms with Crippen molar-refractivity contribution in [1.82, 2.24) is 10.6 Å². The van der Waals surface area contributed by atoms with E-state index in [-0.39, 0.29) is 28.7 Å². The summed E-state index contributed by atoms with van der Waals surface area (Å²) in [6, 6.07) is 2.68. The third kappa shape index (κ3) is 4.58. The molecule has 2 rings (SSSR count). The van der Waals surface area contributed by atoms with Gasteiger partial charge in [-0.15, -0.1) is 0 Å². The fourth-order valence-electron chi connectivity index (χ4n) is 2.34. The van der Waals surface area contributed by atoms with Crippen LogP contribution in [0.15, 0.2) is 23.8 Å². The average Bonchev–Trinajstić information content (AvgIpc) is 2.60. The van der Waals surface area contributed by atoms with E-state index in [1.807, 2.05) is 6.08 Å². The van der Waals surface area contributed by atoms with Crippen LogP contribution in [0.25, 0.3) is 0 Å². The maximum atomic E-state index is 12.5. The Kier molecular flexibility index (Phi) is 6.36. The number of alkyl halides is 2. The van der Waals surface area contributed by atoms with Crippen LogP contribution >= 0.6 is 0 Å². The number of amides is 1. The Morgan fingerprint density at radius 3 is 2.46 bits per heavy atom. The molecule has 0 aliphatic carbocycles. The van der Waals surface area contributed by atoms with Gasteiger partial charge in [-0.25, -0.2) is 0 Å². The summed E-state index contributed by atoms with van der Waals surface area (Å²) in [6.07, 6.45) is 2.90. The molecule has 1 amide bonds. The van der Waals surface area contributed by atoms with Crippen LogP contribution in [0, 0.1) is 0 Å². The van der Waals surface area contributed by atoms with Crippen molar-refractivity contribution in [3.63, 3.8) is 0 Å². The van der Waals surface area contributed by atoms with Crippen molar-refractivity contribution in [2.75, 3.05) is 33.9 Å². The number of benzene rings is 1. The van der Waals surface area contributed by atoms with Crippen LogP contribution in [0.3, 0.4) is 0 Å². The van der Waals surface area contributed by atoms with E-state index in [1.165, 1.54) is 26.4 Å². The van der Waals surface area contributed by atoms with E-state index >= 15 is 0 Å². The van der Waals surface area contributed by atoms with Gasteiger partial charge in [0.1, 0.15) is 0 Å². The molecule has 132 valence electrons. The topological polar surface area (TPSA) is 68.8 Å². The first kappa shape index (κ1) is 18.0. The lowest BCUT2D eigenvalue weighted by molar-refractivity contribution is -0.0526. The monoisotopic (exact) mass is 342 g/mol. The van der Waals surface area contributed by atoms with Gasteiger partial charge in [0.05, 0.1) is 14.2 Å². The second-order valence-electron chi connectivity index (χ2n) is 5.09. The van der Waals surface area contributed by atoms with E-state index in [1.54, 1.807) is 0 Å². The molecule has 8 heteroatoms. The highest BCUT2D eigenvalue weighted by molar-refractivity contribution is 5.95. The molecule has 0 saturated carbocycles. The van der Waals surface area contributed by atoms with Crippen LogP contribution < -0.4 is 24.8 Å². The standard InChI is InChI=1S/C16H20F2N2O4/c1-22-12-7-11(8-13(23-2)14(12)24-16(17)18)15(21)20-9-10-3-5-19-6-4-10/h3,7-8,16,19H,4-6,9H2,1-2H3,(H,20,21). The van der Waals surface area contributed by atoms with Crippen LogP contribution in [0.4, 0.5) is 8.78 Å². The van der Waals surface area contributed by atoms with E-state index in [4.69, 9.17) is 9.47 Å². The minimum Gasteiger partial charge on any atom is -0.493 e. The summed E-state index contributed by atoms with van der Waals surface area (Å²) in [5.74, 6) is -0.594. The zero-order valence-electron chi connectivity index (χ0n) is 13.5. The summed E-state index contributed by atoms with van der Waals surface area (Å²) in [6.45, 7) is -0.935. The Labute approximate surface area is 138 Å². The van der Waals surface area contributed by atoms with Crippen LogP contribution in [0.1, 0.15) is 16.8 Å². The predicted octanol–water partition coefficient (Wildman–Crippen LogP) is 1.95. The van der Waals surface area contributed by atoms with Gasteiger partial charge in [0, 0.05) is 18.7 Å². The molecule has 0 unspecified atom stereocenters. The Bertz CT molecular complexity index is 595. The van der Waals surface area contributed by atoms with Gasteiger partial charge < -0.3 is 24.8 Å². The number of nitrogens with one attached hydrogen (secondary N) is 2. The summed E-state index contributed by atoms with van der Waals surface area (Å²) in [7, 11) is 2.60. The minimum absolute atomic E-state index is 0.000817. The number of rotatable bonds is 7. The molecule has 0 fully saturated rings. The normalized spacial score (nSPS) is 14.1. The molecule has 1 aliphatic heterocycles. The third-order valence-corrected chi connectivity index (χ3v) is 3.56. The molecule has 6 nitrogen and oxygen atoms in total. The lowest BCUT2D eigenvalue weighted by Crippen LogP contribution is -2.29. The number of methoxy groups -OCH3 is 2. The number of halogens is 2. The summed E-state index contributed by atoms with van der Waals surface area (Å²) in [4.78, 5) is 12.3. The number of ether oxygens (including phenoxy) is 3. The molecular weight excluding hydrogens is 322 g/mol. The molecule has 0 bridgehead atoms. The Morgan fingerprint density at radius 2 is 1.96 bits per heavy atom. The molecular formula is C16H20F2N2O4. The van der Waals surface area contributed by atoms with E-state index < -0.39 is 6.61 Å². The molecule has 0 saturated heterocycles. The minimum atomic E-state index is -3.03. The van der Waals surface area contributed by atoms with Crippen LogP contribution in [-0.2, 0) is 0 Å². The van der Waals surface area contributed by atoms with Crippen LogP contribution in [0.5, 0.6) is 17.2 Å². The Hall–Kier alpha value is -2.35. The highest BCUT2D eigenvalue weighted by atomic mass is 19.3. The third-order valence-electron chi connectivity index (χ3n) is 3.56. The molecule has 2 N–H and O–H groups in total. The number of hydrogen-bond acceptors (Lipinski definition) is 5. The van der Waals surface area contributed by atoms with Crippen molar-refractivity contribution in [3.05, 3.63) is 29.3 Å². The van der Waals surface area contributed by atoms with Crippen molar-refractivity contribution < 1.29 is 27.8 Å². The van der Waals surface area contributed by atoms with Crippen molar-refractivity contribution in [2.45, 2.75) is 13.0 Å². The zero-order chi connectivity index (χ0) is 17.5. The number of carbonyl (C=O) groups is 1. The fraction of sp³-hybridized carbons (Fsp3) is 0.438. The summed E-state index contributed by atoms with van der Waals surface area (Å²) >= 11 is 0. The molecule has 1 aliphatic rings. The molecule has 0 aromatic heterocycles. The first-order valence-electron chi connectivity index (χ1n) is 7.42. The maximum Gasteiger partial charge on any atom is 0.387 e. The molecule has 1 heterocycles. The molecule has 0 radical (unpaired) electrons. The molecule has 0 spiro atoms.